The van der Waals surface area contributed by atoms with Crippen molar-refractivity contribution >= 4 is 22.9 Å². The molecule has 1 N–H and O–H groups in total. The van der Waals surface area contributed by atoms with Crippen molar-refractivity contribution in [1.29, 1.82) is 0 Å². The van der Waals surface area contributed by atoms with Gasteiger partial charge in [-0.1, -0.05) is 11.6 Å². The number of nitrogens with one attached hydrogen (secondary N) is 1. The first-order chi connectivity index (χ1) is 7.34. The average molecular weight is 243 g/mol. The molecule has 2 aromatic rings. The molecule has 0 saturated carbocycles. The second-order valence-electron chi connectivity index (χ2n) is 3.10. The second-order valence-corrected chi connectivity index (χ2v) is 4.90. The molecule has 3 nitrogen and oxygen atoms in total. The van der Waals surface area contributed by atoms with Crippen molar-refractivity contribution in [2.24, 2.45) is 0 Å². The molecule has 80 valence electrons. The quantitative estimate of drug-likeness (QED) is 0.820. The number of aromatic nitrogens is 1. The van der Waals surface area contributed by atoms with E-state index < -0.39 is 0 Å². The van der Waals surface area contributed by atoms with E-state index in [4.69, 9.17) is 16.0 Å². The molecule has 0 fully saturated rings. The van der Waals surface area contributed by atoms with Gasteiger partial charge in [0, 0.05) is 11.4 Å². The van der Waals surface area contributed by atoms with Crippen LogP contribution in [-0.4, -0.2) is 11.5 Å². The zero-order valence-electron chi connectivity index (χ0n) is 8.07. The minimum atomic E-state index is 0.721. The van der Waals surface area contributed by atoms with E-state index >= 15 is 0 Å². The summed E-state index contributed by atoms with van der Waals surface area (Å²) in [6.45, 7) is 1.64. The number of nitrogens with zero attached hydrogens (tertiary/aromatic N) is 1. The molecule has 0 amide bonds. The maximum Gasteiger partial charge on any atom is 0.180 e. The number of hydrogen-bond donors (Lipinski definition) is 1. The molecule has 2 aromatic heterocycles. The summed E-state index contributed by atoms with van der Waals surface area (Å²) in [5.74, 6) is 0.860. The van der Waals surface area contributed by atoms with Gasteiger partial charge in [0.05, 0.1) is 17.1 Å². The van der Waals surface area contributed by atoms with Crippen LogP contribution in [-0.2, 0) is 13.0 Å². The van der Waals surface area contributed by atoms with Crippen molar-refractivity contribution in [2.75, 3.05) is 6.54 Å². The maximum atomic E-state index is 5.83. The summed E-state index contributed by atoms with van der Waals surface area (Å²) >= 11 is 7.45. The minimum Gasteiger partial charge on any atom is -0.447 e. The van der Waals surface area contributed by atoms with Crippen LogP contribution in [0.2, 0.25) is 4.34 Å². The fourth-order valence-corrected chi connectivity index (χ4v) is 2.33. The van der Waals surface area contributed by atoms with Crippen LogP contribution in [0.4, 0.5) is 0 Å². The fraction of sp³-hybridized carbons (Fsp3) is 0.300. The van der Waals surface area contributed by atoms with Crippen LogP contribution < -0.4 is 5.32 Å². The van der Waals surface area contributed by atoms with Crippen molar-refractivity contribution in [2.45, 2.75) is 13.0 Å². The first-order valence-electron chi connectivity index (χ1n) is 4.67. The van der Waals surface area contributed by atoms with Gasteiger partial charge in [-0.25, -0.2) is 4.98 Å². The van der Waals surface area contributed by atoms with Crippen molar-refractivity contribution < 1.29 is 4.42 Å². The van der Waals surface area contributed by atoms with Gasteiger partial charge >= 0.3 is 0 Å². The molecule has 15 heavy (non-hydrogen) atoms. The summed E-state index contributed by atoms with van der Waals surface area (Å²) in [7, 11) is 0. The lowest BCUT2D eigenvalue weighted by atomic mass is 10.3. The number of halogens is 1. The molecule has 2 heterocycles. The van der Waals surface area contributed by atoms with Crippen LogP contribution in [0.5, 0.6) is 0 Å². The molecule has 0 aliphatic carbocycles. The van der Waals surface area contributed by atoms with Crippen molar-refractivity contribution in [3.63, 3.8) is 0 Å². The van der Waals surface area contributed by atoms with E-state index in [9.17, 15) is 0 Å². The van der Waals surface area contributed by atoms with Crippen LogP contribution >= 0.6 is 22.9 Å². The molecule has 5 heteroatoms. The Balaban J connectivity index is 1.67. The van der Waals surface area contributed by atoms with Crippen molar-refractivity contribution in [3.05, 3.63) is 39.7 Å². The van der Waals surface area contributed by atoms with Gasteiger partial charge in [-0.2, -0.15) is 0 Å². The third-order valence-corrected chi connectivity index (χ3v) is 3.25. The SMILES string of the molecule is Clc1ccc(CCNCc2cnco2)s1. The molecule has 2 rings (SSSR count). The second kappa shape index (κ2) is 5.30. The predicted molar refractivity (Wildman–Crippen MR) is 61.2 cm³/mol. The Kier molecular flexibility index (Phi) is 3.77. The van der Waals surface area contributed by atoms with Crippen LogP contribution in [0, 0.1) is 0 Å². The number of thiophene rings is 1. The molecule has 0 aliphatic rings. The topological polar surface area (TPSA) is 38.1 Å². The van der Waals surface area contributed by atoms with Gasteiger partial charge in [0.25, 0.3) is 0 Å². The predicted octanol–water partition coefficient (Wildman–Crippen LogP) is 2.72. The lowest BCUT2D eigenvalue weighted by Gasteiger charge is -1.99. The lowest BCUT2D eigenvalue weighted by Crippen LogP contribution is -2.15. The molecular formula is C10H11ClN2OS. The normalized spacial score (nSPS) is 10.7. The van der Waals surface area contributed by atoms with Crippen molar-refractivity contribution in [3.8, 4) is 0 Å². The zero-order chi connectivity index (χ0) is 10.5. The highest BCUT2D eigenvalue weighted by Crippen LogP contribution is 2.21. The minimum absolute atomic E-state index is 0.721. The van der Waals surface area contributed by atoms with E-state index in [1.807, 2.05) is 6.07 Å². The van der Waals surface area contributed by atoms with Gasteiger partial charge in [-0.3, -0.25) is 0 Å². The first-order valence-corrected chi connectivity index (χ1v) is 5.86. The van der Waals surface area contributed by atoms with Gasteiger partial charge < -0.3 is 9.73 Å². The highest BCUT2D eigenvalue weighted by molar-refractivity contribution is 7.16. The summed E-state index contributed by atoms with van der Waals surface area (Å²) in [4.78, 5) is 5.14. The maximum absolute atomic E-state index is 5.83. The number of oxazole rings is 1. The smallest absolute Gasteiger partial charge is 0.180 e. The first kappa shape index (κ1) is 10.7. The molecule has 0 saturated heterocycles. The van der Waals surface area contributed by atoms with Crippen molar-refractivity contribution in [1.82, 2.24) is 10.3 Å². The van der Waals surface area contributed by atoms with Crippen LogP contribution in [0.1, 0.15) is 10.6 Å². The monoisotopic (exact) mass is 242 g/mol. The third-order valence-electron chi connectivity index (χ3n) is 1.96. The van der Waals surface area contributed by atoms with E-state index in [1.54, 1.807) is 17.5 Å². The summed E-state index contributed by atoms with van der Waals surface area (Å²) in [5.41, 5.74) is 0. The van der Waals surface area contributed by atoms with Gasteiger partial charge in [-0.15, -0.1) is 11.3 Å². The Morgan fingerprint density at radius 2 is 2.40 bits per heavy atom. The average Bonchev–Trinajstić information content (AvgIpc) is 2.84. The van der Waals surface area contributed by atoms with E-state index in [1.165, 1.54) is 11.3 Å². The van der Waals surface area contributed by atoms with E-state index in [0.29, 0.717) is 0 Å². The highest BCUT2D eigenvalue weighted by Gasteiger charge is 1.98. The zero-order valence-corrected chi connectivity index (χ0v) is 9.64. The van der Waals surface area contributed by atoms with E-state index in [-0.39, 0.29) is 0 Å². The molecule has 0 spiro atoms. The fourth-order valence-electron chi connectivity index (χ4n) is 1.24. The highest BCUT2D eigenvalue weighted by atomic mass is 35.5. The standard InChI is InChI=1S/C10H11ClN2OS/c11-10-2-1-9(15-10)3-4-12-5-8-6-13-7-14-8/h1-2,6-7,12H,3-5H2. The molecule has 0 aliphatic heterocycles. The molecule has 0 bridgehead atoms. The largest absolute Gasteiger partial charge is 0.447 e. The Labute approximate surface area is 97.1 Å². The molecular weight excluding hydrogens is 232 g/mol. The Bertz CT molecular complexity index is 399. The van der Waals surface area contributed by atoms with Gasteiger partial charge in [-0.05, 0) is 18.6 Å². The molecule has 0 unspecified atom stereocenters. The van der Waals surface area contributed by atoms with Gasteiger partial charge in [0.1, 0.15) is 5.76 Å². The van der Waals surface area contributed by atoms with Crippen LogP contribution in [0.15, 0.2) is 29.1 Å². The summed E-state index contributed by atoms with van der Waals surface area (Å²) in [6.07, 6.45) is 4.15. The van der Waals surface area contributed by atoms with E-state index in [0.717, 1.165) is 29.6 Å². The van der Waals surface area contributed by atoms with Crippen LogP contribution in [0.3, 0.4) is 0 Å². The Morgan fingerprint density at radius 1 is 1.47 bits per heavy atom. The molecule has 0 aromatic carbocycles. The summed E-state index contributed by atoms with van der Waals surface area (Å²) < 4.78 is 5.95. The summed E-state index contributed by atoms with van der Waals surface area (Å²) in [6, 6.07) is 3.99. The van der Waals surface area contributed by atoms with E-state index in [2.05, 4.69) is 16.4 Å². The number of rotatable bonds is 5. The van der Waals surface area contributed by atoms with Crippen LogP contribution in [0.25, 0.3) is 0 Å². The van der Waals surface area contributed by atoms with Gasteiger partial charge in [0.2, 0.25) is 0 Å². The lowest BCUT2D eigenvalue weighted by molar-refractivity contribution is 0.480. The number of hydrogen-bond acceptors (Lipinski definition) is 4. The third kappa shape index (κ3) is 3.34. The molecule has 0 radical (unpaired) electrons. The molecule has 0 atom stereocenters. The Morgan fingerprint density at radius 3 is 3.07 bits per heavy atom. The Hall–Kier alpha value is -0.840. The van der Waals surface area contributed by atoms with Gasteiger partial charge in [0.15, 0.2) is 6.39 Å². The summed E-state index contributed by atoms with van der Waals surface area (Å²) in [5, 5.41) is 3.28.